The summed E-state index contributed by atoms with van der Waals surface area (Å²) >= 11 is 0. The number of aryl methyl sites for hydroxylation is 1. The van der Waals surface area contributed by atoms with Gasteiger partial charge in [0.15, 0.2) is 0 Å². The molecule has 11 heteroatoms. The summed E-state index contributed by atoms with van der Waals surface area (Å²) in [6, 6.07) is 16.6. The average Bonchev–Trinajstić information content (AvgIpc) is 3.03. The molecule has 1 aliphatic heterocycles. The van der Waals surface area contributed by atoms with E-state index in [2.05, 4.69) is 15.3 Å². The number of hydrogen-bond acceptors (Lipinski definition) is 9. The molecule has 11 nitrogen and oxygen atoms in total. The zero-order valence-corrected chi connectivity index (χ0v) is 24.3. The molecule has 1 fully saturated rings. The summed E-state index contributed by atoms with van der Waals surface area (Å²) in [7, 11) is 5.59. The van der Waals surface area contributed by atoms with Crippen LogP contribution in [0.15, 0.2) is 82.8 Å². The highest BCUT2D eigenvalue weighted by Gasteiger charge is 2.17. The molecule has 4 heterocycles. The second-order valence-corrected chi connectivity index (χ2v) is 10.6. The van der Waals surface area contributed by atoms with E-state index in [0.29, 0.717) is 71.5 Å². The standard InChI is InChI=1S/C32H33N7O4/c1-36(2)23-7-8-25-21(17-23)10-12-39(30(25)41)28-6-4-5-24(26(28)20-40)22-18-27(31(42)37(3)19-22)34-29-9-11-33-32(35-29)38-13-15-43-16-14-38/h4-12,17-19,40H,13-16,20H2,1-3H3,(H,33,34,35). The van der Waals surface area contributed by atoms with Crippen molar-refractivity contribution >= 4 is 33.9 Å². The van der Waals surface area contributed by atoms with Crippen LogP contribution in [-0.4, -0.2) is 64.6 Å². The van der Waals surface area contributed by atoms with Gasteiger partial charge in [0.2, 0.25) is 5.95 Å². The molecule has 3 aromatic heterocycles. The van der Waals surface area contributed by atoms with Gasteiger partial charge in [-0.25, -0.2) is 4.98 Å². The Morgan fingerprint density at radius 2 is 1.84 bits per heavy atom. The number of rotatable bonds is 7. The highest BCUT2D eigenvalue weighted by atomic mass is 16.5. The number of fused-ring (bicyclic) bond motifs is 1. The van der Waals surface area contributed by atoms with Crippen LogP contribution in [0, 0.1) is 0 Å². The molecule has 0 aliphatic carbocycles. The molecule has 0 saturated carbocycles. The van der Waals surface area contributed by atoms with Crippen molar-refractivity contribution in [1.82, 2.24) is 19.1 Å². The smallest absolute Gasteiger partial charge is 0.274 e. The van der Waals surface area contributed by atoms with E-state index in [1.165, 1.54) is 4.57 Å². The maximum absolute atomic E-state index is 13.6. The normalized spacial score (nSPS) is 13.3. The molecule has 0 unspecified atom stereocenters. The van der Waals surface area contributed by atoms with E-state index < -0.39 is 0 Å². The number of nitrogens with one attached hydrogen (secondary N) is 1. The molecule has 5 aromatic rings. The first kappa shape index (κ1) is 28.1. The molecule has 1 aliphatic rings. The van der Waals surface area contributed by atoms with E-state index in [4.69, 9.17) is 4.74 Å². The fourth-order valence-electron chi connectivity index (χ4n) is 5.36. The van der Waals surface area contributed by atoms with Gasteiger partial charge in [-0.05, 0) is 53.4 Å². The molecule has 0 atom stereocenters. The van der Waals surface area contributed by atoms with Gasteiger partial charge in [0.05, 0.1) is 25.5 Å². The molecule has 0 amide bonds. The van der Waals surface area contributed by atoms with Crippen LogP contribution in [0.25, 0.3) is 27.6 Å². The van der Waals surface area contributed by atoms with Gasteiger partial charge in [-0.1, -0.05) is 12.1 Å². The third-order valence-electron chi connectivity index (χ3n) is 7.67. The molecule has 0 bridgehead atoms. The molecule has 0 spiro atoms. The minimum Gasteiger partial charge on any atom is -0.392 e. The number of ether oxygens (including phenoxy) is 1. The van der Waals surface area contributed by atoms with Gasteiger partial charge in [0.25, 0.3) is 11.1 Å². The number of morpholine rings is 1. The number of aliphatic hydroxyl groups excluding tert-OH is 1. The number of anilines is 4. The highest BCUT2D eigenvalue weighted by Crippen LogP contribution is 2.30. The third kappa shape index (κ3) is 5.47. The van der Waals surface area contributed by atoms with Crippen LogP contribution in [0.4, 0.5) is 23.1 Å². The summed E-state index contributed by atoms with van der Waals surface area (Å²) in [5, 5.41) is 15.2. The van der Waals surface area contributed by atoms with Gasteiger partial charge in [-0.3, -0.25) is 14.2 Å². The number of hydrogen-bond donors (Lipinski definition) is 2. The van der Waals surface area contributed by atoms with Crippen molar-refractivity contribution in [2.45, 2.75) is 6.61 Å². The third-order valence-corrected chi connectivity index (χ3v) is 7.67. The summed E-state index contributed by atoms with van der Waals surface area (Å²) in [6.07, 6.45) is 5.11. The van der Waals surface area contributed by atoms with Crippen LogP contribution >= 0.6 is 0 Å². The monoisotopic (exact) mass is 579 g/mol. The molecule has 2 N–H and O–H groups in total. The Labute approximate surface area is 248 Å². The molecule has 2 aromatic carbocycles. The number of aliphatic hydroxyl groups is 1. The fraction of sp³-hybridized carbons (Fsp3) is 0.250. The van der Waals surface area contributed by atoms with Crippen molar-refractivity contribution < 1.29 is 9.84 Å². The SMILES string of the molecule is CN(C)c1ccc2c(=O)n(-c3cccc(-c4cc(Nc5ccnc(N6CCOCC6)n5)c(=O)n(C)c4)c3CO)ccc2c1. The zero-order valence-electron chi connectivity index (χ0n) is 24.3. The summed E-state index contributed by atoms with van der Waals surface area (Å²) < 4.78 is 8.47. The molecule has 43 heavy (non-hydrogen) atoms. The van der Waals surface area contributed by atoms with Crippen molar-refractivity contribution in [2.24, 2.45) is 7.05 Å². The van der Waals surface area contributed by atoms with Crippen LogP contribution < -0.4 is 26.2 Å². The molecule has 1 saturated heterocycles. The molecule has 6 rings (SSSR count). The highest BCUT2D eigenvalue weighted by molar-refractivity contribution is 5.85. The minimum atomic E-state index is -0.310. The quantitative estimate of drug-likeness (QED) is 0.300. The van der Waals surface area contributed by atoms with Crippen molar-refractivity contribution in [3.63, 3.8) is 0 Å². The summed E-state index contributed by atoms with van der Waals surface area (Å²) in [4.78, 5) is 39.8. The Hall–Kier alpha value is -5.00. The maximum Gasteiger partial charge on any atom is 0.274 e. The van der Waals surface area contributed by atoms with Crippen molar-refractivity contribution in [3.8, 4) is 16.8 Å². The van der Waals surface area contributed by atoms with Crippen molar-refractivity contribution in [1.29, 1.82) is 0 Å². The maximum atomic E-state index is 13.6. The van der Waals surface area contributed by atoms with Gasteiger partial charge >= 0.3 is 0 Å². The first-order valence-electron chi connectivity index (χ1n) is 14.0. The van der Waals surface area contributed by atoms with Gasteiger partial charge in [-0.15, -0.1) is 0 Å². The Kier molecular flexibility index (Phi) is 7.66. The second-order valence-electron chi connectivity index (χ2n) is 10.6. The number of nitrogens with zero attached hydrogens (tertiary/aromatic N) is 6. The zero-order chi connectivity index (χ0) is 30.1. The lowest BCUT2D eigenvalue weighted by molar-refractivity contribution is 0.122. The topological polar surface area (TPSA) is 118 Å². The van der Waals surface area contributed by atoms with Crippen molar-refractivity contribution in [2.75, 3.05) is 55.5 Å². The van der Waals surface area contributed by atoms with Crippen LogP contribution in [-0.2, 0) is 18.4 Å². The number of aromatic nitrogens is 4. The number of pyridine rings is 2. The second kappa shape index (κ2) is 11.7. The lowest BCUT2D eigenvalue weighted by Crippen LogP contribution is -2.37. The van der Waals surface area contributed by atoms with E-state index in [0.717, 1.165) is 11.1 Å². The molecular formula is C32H33N7O4. The summed E-state index contributed by atoms with van der Waals surface area (Å²) in [6.45, 7) is 2.30. The van der Waals surface area contributed by atoms with E-state index in [-0.39, 0.29) is 17.7 Å². The van der Waals surface area contributed by atoms with Gasteiger partial charge in [0.1, 0.15) is 11.5 Å². The van der Waals surface area contributed by atoms with Crippen LogP contribution in [0.5, 0.6) is 0 Å². The molecular weight excluding hydrogens is 546 g/mol. The predicted molar refractivity (Wildman–Crippen MR) is 169 cm³/mol. The first-order chi connectivity index (χ1) is 20.8. The van der Waals surface area contributed by atoms with E-state index in [1.807, 2.05) is 66.4 Å². The lowest BCUT2D eigenvalue weighted by atomic mass is 9.99. The van der Waals surface area contributed by atoms with Crippen LogP contribution in [0.1, 0.15) is 5.56 Å². The van der Waals surface area contributed by atoms with Crippen molar-refractivity contribution in [3.05, 3.63) is 99.5 Å². The largest absolute Gasteiger partial charge is 0.392 e. The Balaban J connectivity index is 1.39. The minimum absolute atomic E-state index is 0.183. The van der Waals surface area contributed by atoms with E-state index in [1.54, 1.807) is 42.3 Å². The summed E-state index contributed by atoms with van der Waals surface area (Å²) in [5.41, 5.74) is 3.43. The molecule has 220 valence electrons. The van der Waals surface area contributed by atoms with Crippen LogP contribution in [0.3, 0.4) is 0 Å². The Morgan fingerprint density at radius 3 is 2.60 bits per heavy atom. The number of benzene rings is 2. The van der Waals surface area contributed by atoms with Crippen LogP contribution in [0.2, 0.25) is 0 Å². The average molecular weight is 580 g/mol. The van der Waals surface area contributed by atoms with Gasteiger partial charge in [0, 0.05) is 75.0 Å². The van der Waals surface area contributed by atoms with E-state index in [9.17, 15) is 14.7 Å². The first-order valence-corrected chi connectivity index (χ1v) is 14.0. The molecule has 0 radical (unpaired) electrons. The van der Waals surface area contributed by atoms with Gasteiger partial charge < -0.3 is 29.5 Å². The predicted octanol–water partition coefficient (Wildman–Crippen LogP) is 3.28. The van der Waals surface area contributed by atoms with E-state index >= 15 is 0 Å². The lowest BCUT2D eigenvalue weighted by Gasteiger charge is -2.26. The Morgan fingerprint density at radius 1 is 1.02 bits per heavy atom. The summed E-state index contributed by atoms with van der Waals surface area (Å²) in [5.74, 6) is 1.05. The Bertz CT molecular complexity index is 1930. The van der Waals surface area contributed by atoms with Gasteiger partial charge in [-0.2, -0.15) is 4.98 Å². The fourth-order valence-corrected chi connectivity index (χ4v) is 5.36.